The van der Waals surface area contributed by atoms with Gasteiger partial charge < -0.3 is 5.73 Å². The molecule has 2 rings (SSSR count). The molecule has 0 bridgehead atoms. The number of nitrogens with zero attached hydrogens (tertiary/aromatic N) is 2. The van der Waals surface area contributed by atoms with Crippen LogP contribution in [0.25, 0.3) is 0 Å². The van der Waals surface area contributed by atoms with Gasteiger partial charge in [0.1, 0.15) is 0 Å². The summed E-state index contributed by atoms with van der Waals surface area (Å²) in [4.78, 5) is 12.7. The lowest BCUT2D eigenvalue weighted by Crippen LogP contribution is -2.48. The van der Waals surface area contributed by atoms with Crippen LogP contribution in [0.2, 0.25) is 0 Å². The minimum atomic E-state index is -0.326. The van der Waals surface area contributed by atoms with E-state index in [4.69, 9.17) is 5.73 Å². The van der Waals surface area contributed by atoms with Crippen LogP contribution in [0, 0.1) is 10.1 Å². The molecule has 1 fully saturated rings. The number of likely N-dealkylation sites (tertiary alicyclic amines) is 1. The Kier molecular flexibility index (Phi) is 4.31. The smallest absolute Gasteiger partial charge is 0.324 e. The standard InChI is InChI=1S/C12H19N3O2S/c1-9(13)11-4-2-3-5-14(11)7-10-6-12(15(16)17)18-8-10/h6,8-9,11H,2-5,7,13H2,1H3. The molecular weight excluding hydrogens is 250 g/mol. The minimum Gasteiger partial charge on any atom is -0.327 e. The number of hydrogen-bond donors (Lipinski definition) is 1. The molecule has 100 valence electrons. The maximum absolute atomic E-state index is 10.7. The second kappa shape index (κ2) is 5.77. The van der Waals surface area contributed by atoms with Crippen molar-refractivity contribution in [2.75, 3.05) is 6.54 Å². The molecular formula is C12H19N3O2S. The van der Waals surface area contributed by atoms with E-state index in [2.05, 4.69) is 4.90 Å². The number of piperidine rings is 1. The van der Waals surface area contributed by atoms with Crippen molar-refractivity contribution in [3.63, 3.8) is 0 Å². The molecule has 5 nitrogen and oxygen atoms in total. The summed E-state index contributed by atoms with van der Waals surface area (Å²) in [5, 5.41) is 12.8. The average molecular weight is 269 g/mol. The lowest BCUT2D eigenvalue weighted by Gasteiger charge is -2.37. The molecule has 2 heterocycles. The number of rotatable bonds is 4. The minimum absolute atomic E-state index is 0.152. The third-order valence-corrected chi connectivity index (χ3v) is 4.41. The molecule has 2 unspecified atom stereocenters. The quantitative estimate of drug-likeness (QED) is 0.672. The van der Waals surface area contributed by atoms with Crippen molar-refractivity contribution in [2.45, 2.75) is 44.8 Å². The fourth-order valence-corrected chi connectivity index (χ4v) is 3.30. The van der Waals surface area contributed by atoms with Gasteiger partial charge in [0, 0.05) is 30.1 Å². The summed E-state index contributed by atoms with van der Waals surface area (Å²) in [5.41, 5.74) is 7.04. The summed E-state index contributed by atoms with van der Waals surface area (Å²) in [6.07, 6.45) is 3.55. The molecule has 1 saturated heterocycles. The van der Waals surface area contributed by atoms with E-state index in [-0.39, 0.29) is 16.0 Å². The highest BCUT2D eigenvalue weighted by molar-refractivity contribution is 7.13. The highest BCUT2D eigenvalue weighted by atomic mass is 32.1. The van der Waals surface area contributed by atoms with Crippen LogP contribution >= 0.6 is 11.3 Å². The van der Waals surface area contributed by atoms with Crippen LogP contribution in [-0.4, -0.2) is 28.5 Å². The molecule has 0 aliphatic carbocycles. The van der Waals surface area contributed by atoms with Crippen LogP contribution in [0.3, 0.4) is 0 Å². The molecule has 18 heavy (non-hydrogen) atoms. The SMILES string of the molecule is CC(N)C1CCCCN1Cc1csc([N+](=O)[O-])c1. The second-order valence-corrected chi connectivity index (χ2v) is 5.83. The molecule has 0 amide bonds. The molecule has 2 N–H and O–H groups in total. The van der Waals surface area contributed by atoms with Gasteiger partial charge in [-0.3, -0.25) is 15.0 Å². The van der Waals surface area contributed by atoms with Gasteiger partial charge in [0.15, 0.2) is 0 Å². The van der Waals surface area contributed by atoms with E-state index in [1.165, 1.54) is 24.2 Å². The number of hydrogen-bond acceptors (Lipinski definition) is 5. The summed E-state index contributed by atoms with van der Waals surface area (Å²) >= 11 is 1.20. The lowest BCUT2D eigenvalue weighted by atomic mass is 9.96. The van der Waals surface area contributed by atoms with E-state index >= 15 is 0 Å². The number of nitrogens with two attached hydrogens (primary N) is 1. The molecule has 1 aliphatic rings. The fourth-order valence-electron chi connectivity index (χ4n) is 2.58. The summed E-state index contributed by atoms with van der Waals surface area (Å²) in [6.45, 7) is 3.85. The molecule has 0 radical (unpaired) electrons. The summed E-state index contributed by atoms with van der Waals surface area (Å²) < 4.78 is 0. The second-order valence-electron chi connectivity index (χ2n) is 4.94. The van der Waals surface area contributed by atoms with Crippen LogP contribution < -0.4 is 5.73 Å². The summed E-state index contributed by atoms with van der Waals surface area (Å²) in [6, 6.07) is 2.23. The van der Waals surface area contributed by atoms with Crippen LogP contribution in [-0.2, 0) is 6.54 Å². The van der Waals surface area contributed by atoms with Crippen LogP contribution in [0.4, 0.5) is 5.00 Å². The predicted octanol–water partition coefficient (Wildman–Crippen LogP) is 2.36. The maximum atomic E-state index is 10.7. The Bertz CT molecular complexity index is 419. The molecule has 2 atom stereocenters. The highest BCUT2D eigenvalue weighted by Crippen LogP contribution is 2.26. The zero-order valence-corrected chi connectivity index (χ0v) is 11.4. The van der Waals surface area contributed by atoms with Gasteiger partial charge in [-0.1, -0.05) is 17.8 Å². The number of nitro groups is 1. The van der Waals surface area contributed by atoms with E-state index in [1.807, 2.05) is 12.3 Å². The van der Waals surface area contributed by atoms with E-state index in [1.54, 1.807) is 6.07 Å². The van der Waals surface area contributed by atoms with Gasteiger partial charge in [0.2, 0.25) is 0 Å². The van der Waals surface area contributed by atoms with Gasteiger partial charge >= 0.3 is 5.00 Å². The zero-order valence-electron chi connectivity index (χ0n) is 10.5. The molecule has 0 spiro atoms. The van der Waals surface area contributed by atoms with E-state index in [9.17, 15) is 10.1 Å². The Labute approximate surface area is 111 Å². The highest BCUT2D eigenvalue weighted by Gasteiger charge is 2.25. The Hall–Kier alpha value is -0.980. The summed E-state index contributed by atoms with van der Waals surface area (Å²) in [7, 11) is 0. The first-order chi connectivity index (χ1) is 8.58. The Morgan fingerprint density at radius 2 is 2.44 bits per heavy atom. The van der Waals surface area contributed by atoms with Crippen molar-refractivity contribution in [3.05, 3.63) is 27.1 Å². The van der Waals surface area contributed by atoms with E-state index in [0.29, 0.717) is 6.04 Å². The average Bonchev–Trinajstić information content (AvgIpc) is 2.78. The Morgan fingerprint density at radius 3 is 3.06 bits per heavy atom. The first kappa shape index (κ1) is 13.5. The maximum Gasteiger partial charge on any atom is 0.324 e. The predicted molar refractivity (Wildman–Crippen MR) is 72.7 cm³/mol. The monoisotopic (exact) mass is 269 g/mol. The van der Waals surface area contributed by atoms with Gasteiger partial charge in [0.05, 0.1) is 4.92 Å². The Morgan fingerprint density at radius 1 is 1.67 bits per heavy atom. The van der Waals surface area contributed by atoms with Gasteiger partial charge in [-0.05, 0) is 31.9 Å². The normalized spacial score (nSPS) is 22.9. The van der Waals surface area contributed by atoms with Crippen LogP contribution in [0.15, 0.2) is 11.4 Å². The zero-order chi connectivity index (χ0) is 13.1. The van der Waals surface area contributed by atoms with Crippen molar-refractivity contribution < 1.29 is 4.92 Å². The van der Waals surface area contributed by atoms with Gasteiger partial charge in [0.25, 0.3) is 0 Å². The first-order valence-corrected chi connectivity index (χ1v) is 7.17. The fraction of sp³-hybridized carbons (Fsp3) is 0.667. The van der Waals surface area contributed by atoms with Crippen molar-refractivity contribution >= 4 is 16.3 Å². The topological polar surface area (TPSA) is 72.4 Å². The molecule has 0 aromatic carbocycles. The largest absolute Gasteiger partial charge is 0.327 e. The van der Waals surface area contributed by atoms with Crippen molar-refractivity contribution in [2.24, 2.45) is 5.73 Å². The Balaban J connectivity index is 2.03. The van der Waals surface area contributed by atoms with Crippen molar-refractivity contribution in [1.29, 1.82) is 0 Å². The van der Waals surface area contributed by atoms with Crippen molar-refractivity contribution in [3.8, 4) is 0 Å². The lowest BCUT2D eigenvalue weighted by molar-refractivity contribution is -0.380. The number of thiophene rings is 1. The van der Waals surface area contributed by atoms with E-state index < -0.39 is 0 Å². The summed E-state index contributed by atoms with van der Waals surface area (Å²) in [5.74, 6) is 0. The molecule has 1 aromatic rings. The van der Waals surface area contributed by atoms with Crippen molar-refractivity contribution in [1.82, 2.24) is 4.90 Å². The first-order valence-electron chi connectivity index (χ1n) is 6.29. The third kappa shape index (κ3) is 3.07. The molecule has 1 aromatic heterocycles. The molecule has 0 saturated carbocycles. The van der Waals surface area contributed by atoms with Gasteiger partial charge in [-0.25, -0.2) is 0 Å². The van der Waals surface area contributed by atoms with Crippen LogP contribution in [0.5, 0.6) is 0 Å². The molecule has 6 heteroatoms. The third-order valence-electron chi connectivity index (χ3n) is 3.48. The van der Waals surface area contributed by atoms with E-state index in [0.717, 1.165) is 25.1 Å². The van der Waals surface area contributed by atoms with Gasteiger partial charge in [-0.2, -0.15) is 0 Å². The van der Waals surface area contributed by atoms with Gasteiger partial charge in [-0.15, -0.1) is 0 Å². The van der Waals surface area contributed by atoms with Crippen LogP contribution in [0.1, 0.15) is 31.7 Å². The molecule has 1 aliphatic heterocycles.